The Hall–Kier alpha value is -1.29. The summed E-state index contributed by atoms with van der Waals surface area (Å²) in [4.78, 5) is 22.6. The van der Waals surface area contributed by atoms with Gasteiger partial charge in [-0.15, -0.1) is 0 Å². The molecule has 1 amide bonds. The minimum Gasteiger partial charge on any atom is -0.337 e. The van der Waals surface area contributed by atoms with E-state index in [0.717, 1.165) is 19.1 Å². The number of carbonyl (C=O) groups excluding carboxylic acids is 2. The maximum Gasteiger partial charge on any atom is 0.279 e. The Kier molecular flexibility index (Phi) is 8.54. The molecule has 0 bridgehead atoms. The van der Waals surface area contributed by atoms with Crippen LogP contribution in [0.1, 0.15) is 57.6 Å². The summed E-state index contributed by atoms with van der Waals surface area (Å²) in [7, 11) is 0. The third-order valence-electron chi connectivity index (χ3n) is 4.14. The van der Waals surface area contributed by atoms with E-state index in [-0.39, 0.29) is 10.7 Å². The summed E-state index contributed by atoms with van der Waals surface area (Å²) in [6.45, 7) is 10.0. The van der Waals surface area contributed by atoms with Crippen molar-refractivity contribution < 1.29 is 9.59 Å². The summed E-state index contributed by atoms with van der Waals surface area (Å²) in [5, 5.41) is 3.18. The van der Waals surface area contributed by atoms with Crippen LogP contribution in [0.25, 0.3) is 0 Å². The highest BCUT2D eigenvalue weighted by molar-refractivity contribution is 8.14. The molecule has 0 unspecified atom stereocenters. The van der Waals surface area contributed by atoms with Crippen molar-refractivity contribution in [3.63, 3.8) is 0 Å². The van der Waals surface area contributed by atoms with Crippen molar-refractivity contribution in [2.45, 2.75) is 71.6 Å². The third-order valence-corrected chi connectivity index (χ3v) is 5.27. The van der Waals surface area contributed by atoms with Gasteiger partial charge in [0.2, 0.25) is 0 Å². The van der Waals surface area contributed by atoms with E-state index in [9.17, 15) is 9.59 Å². The van der Waals surface area contributed by atoms with Gasteiger partial charge in [-0.1, -0.05) is 80.8 Å². The molecule has 0 aromatic heterocycles. The van der Waals surface area contributed by atoms with Gasteiger partial charge in [0.15, 0.2) is 0 Å². The fourth-order valence-corrected chi connectivity index (χ4v) is 3.48. The number of thioether (sulfide) groups is 1. The zero-order valence-electron chi connectivity index (χ0n) is 15.6. The van der Waals surface area contributed by atoms with Crippen molar-refractivity contribution in [1.29, 1.82) is 0 Å². The molecule has 24 heavy (non-hydrogen) atoms. The molecule has 1 aliphatic carbocycles. The Morgan fingerprint density at radius 1 is 1.12 bits per heavy atom. The standard InChI is InChI=1S/C12H21NO2S.C8H10/c1-12(2,3)10(8-14)13-11(15)16-9-6-4-5-7-9;1-7-3-5-8(2)6-4-7/h8-10H,4-7H2,1-3H3,(H,13,15);3-6H,1-2H3/t10-;/m1./s1. The summed E-state index contributed by atoms with van der Waals surface area (Å²) in [5.74, 6) is 0. The van der Waals surface area contributed by atoms with Crippen LogP contribution in [-0.2, 0) is 4.79 Å². The lowest BCUT2D eigenvalue weighted by Crippen LogP contribution is -2.43. The number of amides is 1. The number of nitrogens with one attached hydrogen (secondary N) is 1. The maximum absolute atomic E-state index is 11.7. The molecule has 4 heteroatoms. The Balaban J connectivity index is 0.000000300. The predicted octanol–water partition coefficient (Wildman–Crippen LogP) is 5.29. The molecule has 3 nitrogen and oxygen atoms in total. The van der Waals surface area contributed by atoms with Gasteiger partial charge in [-0.05, 0) is 32.1 Å². The lowest BCUT2D eigenvalue weighted by Gasteiger charge is -2.26. The molecule has 0 aliphatic heterocycles. The summed E-state index contributed by atoms with van der Waals surface area (Å²) >= 11 is 1.36. The second-order valence-electron chi connectivity index (χ2n) is 7.59. The van der Waals surface area contributed by atoms with Gasteiger partial charge < -0.3 is 10.1 Å². The molecule has 0 radical (unpaired) electrons. The highest BCUT2D eigenvalue weighted by Gasteiger charge is 2.27. The van der Waals surface area contributed by atoms with Crippen LogP contribution < -0.4 is 5.32 Å². The summed E-state index contributed by atoms with van der Waals surface area (Å²) in [5.41, 5.74) is 2.44. The molecule has 134 valence electrons. The van der Waals surface area contributed by atoms with E-state index >= 15 is 0 Å². The number of benzene rings is 1. The lowest BCUT2D eigenvalue weighted by atomic mass is 9.88. The van der Waals surface area contributed by atoms with Gasteiger partial charge in [-0.25, -0.2) is 0 Å². The Morgan fingerprint density at radius 2 is 1.58 bits per heavy atom. The molecule has 1 aromatic carbocycles. The molecule has 1 aromatic rings. The van der Waals surface area contributed by atoms with E-state index in [0.29, 0.717) is 5.25 Å². The van der Waals surface area contributed by atoms with Gasteiger partial charge in [0.05, 0.1) is 6.04 Å². The average Bonchev–Trinajstić information content (AvgIpc) is 3.00. The summed E-state index contributed by atoms with van der Waals surface area (Å²) < 4.78 is 0. The average molecular weight is 350 g/mol. The maximum atomic E-state index is 11.7. The molecule has 1 saturated carbocycles. The molecular formula is C20H31NO2S. The summed E-state index contributed by atoms with van der Waals surface area (Å²) in [6.07, 6.45) is 5.52. The fraction of sp³-hybridized carbons (Fsp3) is 0.600. The molecule has 2 rings (SSSR count). The van der Waals surface area contributed by atoms with Crippen LogP contribution in [0.2, 0.25) is 0 Å². The second-order valence-corrected chi connectivity index (χ2v) is 8.86. The van der Waals surface area contributed by atoms with Gasteiger partial charge in [0, 0.05) is 5.25 Å². The van der Waals surface area contributed by atoms with Crippen LogP contribution in [-0.4, -0.2) is 22.8 Å². The van der Waals surface area contributed by atoms with Gasteiger partial charge in [0.1, 0.15) is 6.29 Å². The number of hydrogen-bond acceptors (Lipinski definition) is 3. The van der Waals surface area contributed by atoms with E-state index < -0.39 is 6.04 Å². The first kappa shape index (κ1) is 20.8. The van der Waals surface area contributed by atoms with Crippen molar-refractivity contribution in [3.05, 3.63) is 35.4 Å². The number of aryl methyl sites for hydroxylation is 2. The van der Waals surface area contributed by atoms with Crippen LogP contribution in [0.5, 0.6) is 0 Å². The molecule has 0 heterocycles. The van der Waals surface area contributed by atoms with E-state index in [4.69, 9.17) is 0 Å². The highest BCUT2D eigenvalue weighted by Crippen LogP contribution is 2.30. The zero-order valence-corrected chi connectivity index (χ0v) is 16.4. The number of aldehydes is 1. The first-order chi connectivity index (χ1) is 11.2. The van der Waals surface area contributed by atoms with Crippen LogP contribution in [0.3, 0.4) is 0 Å². The predicted molar refractivity (Wildman–Crippen MR) is 104 cm³/mol. The quantitative estimate of drug-likeness (QED) is 0.754. The number of rotatable bonds is 3. The van der Waals surface area contributed by atoms with Crippen molar-refractivity contribution in [2.24, 2.45) is 5.41 Å². The minimum atomic E-state index is -0.395. The molecule has 0 saturated heterocycles. The second kappa shape index (κ2) is 9.87. The van der Waals surface area contributed by atoms with Crippen molar-refractivity contribution >= 4 is 23.3 Å². The molecule has 1 aliphatic rings. The molecule has 1 atom stereocenters. The fourth-order valence-electron chi connectivity index (χ4n) is 2.41. The van der Waals surface area contributed by atoms with E-state index in [1.165, 1.54) is 35.7 Å². The smallest absolute Gasteiger partial charge is 0.279 e. The SMILES string of the molecule is CC(C)(C)[C@@H](C=O)NC(=O)SC1CCCC1.Cc1ccc(C)cc1. The number of hydrogen-bond donors (Lipinski definition) is 1. The lowest BCUT2D eigenvalue weighted by molar-refractivity contribution is -0.111. The van der Waals surface area contributed by atoms with E-state index in [1.807, 2.05) is 20.8 Å². The third kappa shape index (κ3) is 8.00. The van der Waals surface area contributed by atoms with Crippen LogP contribution in [0.4, 0.5) is 4.79 Å². The molecule has 0 spiro atoms. The van der Waals surface area contributed by atoms with Crippen molar-refractivity contribution in [1.82, 2.24) is 5.32 Å². The van der Waals surface area contributed by atoms with E-state index in [1.54, 1.807) is 0 Å². The first-order valence-corrected chi connectivity index (χ1v) is 9.56. The van der Waals surface area contributed by atoms with Crippen LogP contribution >= 0.6 is 11.8 Å². The highest BCUT2D eigenvalue weighted by atomic mass is 32.2. The Labute approximate surface area is 151 Å². The van der Waals surface area contributed by atoms with E-state index in [2.05, 4.69) is 43.4 Å². The van der Waals surface area contributed by atoms with Gasteiger partial charge in [-0.3, -0.25) is 4.79 Å². The van der Waals surface area contributed by atoms with Gasteiger partial charge >= 0.3 is 0 Å². The van der Waals surface area contributed by atoms with Gasteiger partial charge in [-0.2, -0.15) is 0 Å². The topological polar surface area (TPSA) is 46.2 Å². The monoisotopic (exact) mass is 349 g/mol. The minimum absolute atomic E-state index is 0.0566. The largest absolute Gasteiger partial charge is 0.337 e. The van der Waals surface area contributed by atoms with Crippen LogP contribution in [0, 0.1) is 19.3 Å². The molecule has 1 fully saturated rings. The molecular weight excluding hydrogens is 318 g/mol. The van der Waals surface area contributed by atoms with Crippen LogP contribution in [0.15, 0.2) is 24.3 Å². The zero-order chi connectivity index (χ0) is 18.2. The molecule has 1 N–H and O–H groups in total. The normalized spacial score (nSPS) is 16.0. The van der Waals surface area contributed by atoms with Crippen molar-refractivity contribution in [2.75, 3.05) is 0 Å². The number of carbonyl (C=O) groups is 2. The first-order valence-electron chi connectivity index (χ1n) is 8.68. The Bertz CT molecular complexity index is 492. The van der Waals surface area contributed by atoms with Crippen molar-refractivity contribution in [3.8, 4) is 0 Å². The summed E-state index contributed by atoms with van der Waals surface area (Å²) in [6, 6.07) is 8.09. The Morgan fingerprint density at radius 3 is 1.96 bits per heavy atom. The van der Waals surface area contributed by atoms with Gasteiger partial charge in [0.25, 0.3) is 5.24 Å².